The molecule has 128 valence electrons. The lowest BCUT2D eigenvalue weighted by Crippen LogP contribution is -2.50. The first kappa shape index (κ1) is 16.6. The molecule has 0 spiro atoms. The Labute approximate surface area is 139 Å². The van der Waals surface area contributed by atoms with Crippen LogP contribution < -0.4 is 0 Å². The van der Waals surface area contributed by atoms with Crippen molar-refractivity contribution in [3.8, 4) is 0 Å². The van der Waals surface area contributed by atoms with E-state index in [9.17, 15) is 18.3 Å². The second kappa shape index (κ2) is 5.67. The molecular weight excluding hydrogens is 332 g/mol. The van der Waals surface area contributed by atoms with Gasteiger partial charge in [0, 0.05) is 0 Å². The molecule has 3 rings (SSSR count). The molecule has 24 heavy (non-hydrogen) atoms. The number of aryl methyl sites for hydroxylation is 3. The average Bonchev–Trinajstić information content (AvgIpc) is 2.89. The molecule has 0 bridgehead atoms. The van der Waals surface area contributed by atoms with Crippen LogP contribution in [0.5, 0.6) is 0 Å². The summed E-state index contributed by atoms with van der Waals surface area (Å²) in [4.78, 5) is 11.8. The van der Waals surface area contributed by atoms with E-state index in [1.165, 1.54) is 0 Å². The van der Waals surface area contributed by atoms with Gasteiger partial charge in [-0.3, -0.25) is 4.79 Å². The number of aromatic nitrogens is 3. The number of carbonyl (C=O) groups is 1. The molecule has 2 heterocycles. The van der Waals surface area contributed by atoms with Crippen molar-refractivity contribution >= 4 is 16.0 Å². The minimum atomic E-state index is -3.97. The van der Waals surface area contributed by atoms with E-state index in [4.69, 9.17) is 0 Å². The van der Waals surface area contributed by atoms with Gasteiger partial charge in [0.05, 0.1) is 18.0 Å². The molecule has 1 N–H and O–H groups in total. The second-order valence-electron chi connectivity index (χ2n) is 5.95. The normalized spacial score (nSPS) is 18.4. The Kier molecular flexibility index (Phi) is 3.92. The number of fused-ring (bicyclic) bond motifs is 1. The number of carboxylic acids is 1. The third-order valence-corrected chi connectivity index (χ3v) is 6.22. The standard InChI is InChI=1S/C15H18N4O4S/c1-9-4-5-10(2)13(6-9)24(22,23)19-8-14-17-16-11(3)18(14)7-12(19)15(20)21/h4-6,12H,7-8H2,1-3H3,(H,20,21). The van der Waals surface area contributed by atoms with Crippen molar-refractivity contribution in [3.63, 3.8) is 0 Å². The van der Waals surface area contributed by atoms with Gasteiger partial charge in [-0.1, -0.05) is 12.1 Å². The molecule has 1 aromatic heterocycles. The maximum absolute atomic E-state index is 13.1. The van der Waals surface area contributed by atoms with Crippen molar-refractivity contribution < 1.29 is 18.3 Å². The van der Waals surface area contributed by atoms with Gasteiger partial charge in [-0.05, 0) is 38.0 Å². The first-order valence-electron chi connectivity index (χ1n) is 7.42. The van der Waals surface area contributed by atoms with Crippen molar-refractivity contribution in [3.05, 3.63) is 41.0 Å². The molecule has 0 radical (unpaired) electrons. The third-order valence-electron chi connectivity index (χ3n) is 4.23. The van der Waals surface area contributed by atoms with Crippen molar-refractivity contribution in [2.45, 2.75) is 44.8 Å². The highest BCUT2D eigenvalue weighted by molar-refractivity contribution is 7.89. The van der Waals surface area contributed by atoms with Gasteiger partial charge in [-0.25, -0.2) is 8.42 Å². The molecule has 9 heteroatoms. The Hall–Kier alpha value is -2.26. The largest absolute Gasteiger partial charge is 0.480 e. The number of rotatable bonds is 3. The molecule has 0 amide bonds. The lowest BCUT2D eigenvalue weighted by molar-refractivity contribution is -0.142. The third kappa shape index (κ3) is 2.59. The molecule has 1 unspecified atom stereocenters. The van der Waals surface area contributed by atoms with E-state index >= 15 is 0 Å². The summed E-state index contributed by atoms with van der Waals surface area (Å²) in [5.74, 6) is -0.179. The summed E-state index contributed by atoms with van der Waals surface area (Å²) < 4.78 is 28.8. The van der Waals surface area contributed by atoms with E-state index in [1.807, 2.05) is 6.07 Å². The minimum Gasteiger partial charge on any atom is -0.480 e. The van der Waals surface area contributed by atoms with Crippen LogP contribution in [0.4, 0.5) is 0 Å². The predicted molar refractivity (Wildman–Crippen MR) is 84.8 cm³/mol. The highest BCUT2D eigenvalue weighted by Crippen LogP contribution is 2.28. The van der Waals surface area contributed by atoms with Crippen molar-refractivity contribution in [2.24, 2.45) is 0 Å². The van der Waals surface area contributed by atoms with Crippen LogP contribution in [0.15, 0.2) is 23.1 Å². The van der Waals surface area contributed by atoms with E-state index in [0.29, 0.717) is 17.2 Å². The molecular formula is C15H18N4O4S. The molecule has 1 aliphatic heterocycles. The van der Waals surface area contributed by atoms with E-state index in [2.05, 4.69) is 10.2 Å². The Bertz CT molecular complexity index is 920. The lowest BCUT2D eigenvalue weighted by atomic mass is 10.2. The quantitative estimate of drug-likeness (QED) is 0.880. The summed E-state index contributed by atoms with van der Waals surface area (Å²) in [6.07, 6.45) is 0. The Morgan fingerprint density at radius 2 is 1.96 bits per heavy atom. The number of hydrogen-bond acceptors (Lipinski definition) is 5. The first-order chi connectivity index (χ1) is 11.2. The van der Waals surface area contributed by atoms with Gasteiger partial charge in [0.2, 0.25) is 10.0 Å². The predicted octanol–water partition coefficient (Wildman–Crippen LogP) is 0.861. The Morgan fingerprint density at radius 3 is 2.62 bits per heavy atom. The highest BCUT2D eigenvalue weighted by Gasteiger charge is 2.41. The van der Waals surface area contributed by atoms with Crippen LogP contribution in [0.1, 0.15) is 22.8 Å². The summed E-state index contributed by atoms with van der Waals surface area (Å²) in [7, 11) is -3.97. The number of benzene rings is 1. The van der Waals surface area contributed by atoms with Gasteiger partial charge in [0.1, 0.15) is 17.7 Å². The van der Waals surface area contributed by atoms with Crippen LogP contribution in [-0.4, -0.2) is 44.6 Å². The van der Waals surface area contributed by atoms with E-state index in [0.717, 1.165) is 9.87 Å². The minimum absolute atomic E-state index is 0.00636. The fourth-order valence-electron chi connectivity index (χ4n) is 2.86. The van der Waals surface area contributed by atoms with Gasteiger partial charge < -0.3 is 9.67 Å². The summed E-state index contributed by atoms with van der Waals surface area (Å²) in [6, 6.07) is 3.90. The summed E-state index contributed by atoms with van der Waals surface area (Å²) >= 11 is 0. The number of carboxylic acid groups (broad SMARTS) is 1. The monoisotopic (exact) mass is 350 g/mol. The summed E-state index contributed by atoms with van der Waals surface area (Å²) in [5.41, 5.74) is 1.37. The summed E-state index contributed by atoms with van der Waals surface area (Å²) in [6.45, 7) is 5.08. The van der Waals surface area contributed by atoms with Gasteiger partial charge >= 0.3 is 5.97 Å². The average molecular weight is 350 g/mol. The van der Waals surface area contributed by atoms with Crippen LogP contribution in [-0.2, 0) is 27.9 Å². The van der Waals surface area contributed by atoms with E-state index in [1.54, 1.807) is 37.5 Å². The maximum Gasteiger partial charge on any atom is 0.323 e. The number of hydrogen-bond donors (Lipinski definition) is 1. The van der Waals surface area contributed by atoms with Crippen LogP contribution in [0.2, 0.25) is 0 Å². The fraction of sp³-hybridized carbons (Fsp3) is 0.400. The molecule has 0 saturated carbocycles. The van der Waals surface area contributed by atoms with E-state index in [-0.39, 0.29) is 18.0 Å². The molecule has 1 atom stereocenters. The number of nitrogens with zero attached hydrogens (tertiary/aromatic N) is 4. The zero-order chi connectivity index (χ0) is 17.6. The highest BCUT2D eigenvalue weighted by atomic mass is 32.2. The fourth-order valence-corrected chi connectivity index (χ4v) is 4.70. The van der Waals surface area contributed by atoms with Gasteiger partial charge in [0.15, 0.2) is 0 Å². The molecule has 1 aliphatic rings. The number of aliphatic carboxylic acids is 1. The summed E-state index contributed by atoms with van der Waals surface area (Å²) in [5, 5.41) is 17.4. The van der Waals surface area contributed by atoms with Gasteiger partial charge in [-0.15, -0.1) is 10.2 Å². The first-order valence-corrected chi connectivity index (χ1v) is 8.86. The SMILES string of the molecule is Cc1ccc(C)c(S(=O)(=O)N2Cc3nnc(C)n3CC2C(=O)O)c1. The Morgan fingerprint density at radius 1 is 1.25 bits per heavy atom. The molecule has 8 nitrogen and oxygen atoms in total. The topological polar surface area (TPSA) is 105 Å². The van der Waals surface area contributed by atoms with Gasteiger partial charge in [-0.2, -0.15) is 4.31 Å². The van der Waals surface area contributed by atoms with Gasteiger partial charge in [0.25, 0.3) is 0 Å². The number of sulfonamides is 1. The van der Waals surface area contributed by atoms with Crippen LogP contribution in [0, 0.1) is 20.8 Å². The second-order valence-corrected chi connectivity index (χ2v) is 7.81. The smallest absolute Gasteiger partial charge is 0.323 e. The molecule has 0 fully saturated rings. The zero-order valence-corrected chi connectivity index (χ0v) is 14.4. The van der Waals surface area contributed by atoms with E-state index < -0.39 is 22.0 Å². The zero-order valence-electron chi connectivity index (χ0n) is 13.6. The molecule has 2 aromatic rings. The van der Waals surface area contributed by atoms with Crippen LogP contribution in [0.25, 0.3) is 0 Å². The van der Waals surface area contributed by atoms with Crippen molar-refractivity contribution in [1.29, 1.82) is 0 Å². The van der Waals surface area contributed by atoms with Crippen LogP contribution >= 0.6 is 0 Å². The van der Waals surface area contributed by atoms with Crippen molar-refractivity contribution in [1.82, 2.24) is 19.1 Å². The lowest BCUT2D eigenvalue weighted by Gasteiger charge is -2.32. The molecule has 0 aliphatic carbocycles. The van der Waals surface area contributed by atoms with Crippen molar-refractivity contribution in [2.75, 3.05) is 0 Å². The van der Waals surface area contributed by atoms with Crippen LogP contribution in [0.3, 0.4) is 0 Å². The molecule has 0 saturated heterocycles. The molecule has 1 aromatic carbocycles. The maximum atomic E-state index is 13.1. The Balaban J connectivity index is 2.12.